The van der Waals surface area contributed by atoms with Gasteiger partial charge in [-0.1, -0.05) is 6.07 Å². The van der Waals surface area contributed by atoms with E-state index in [0.29, 0.717) is 38.8 Å². The molecule has 6 nitrogen and oxygen atoms in total. The lowest BCUT2D eigenvalue weighted by Gasteiger charge is -2.50. The zero-order chi connectivity index (χ0) is 16.1. The van der Waals surface area contributed by atoms with E-state index in [-0.39, 0.29) is 18.1 Å². The van der Waals surface area contributed by atoms with Gasteiger partial charge >= 0.3 is 0 Å². The average molecular weight is 320 g/mol. The third-order valence-electron chi connectivity index (χ3n) is 4.59. The van der Waals surface area contributed by atoms with Gasteiger partial charge in [-0.2, -0.15) is 0 Å². The largest absolute Gasteiger partial charge is 0.375 e. The molecule has 0 saturated carbocycles. The Balaban J connectivity index is 1.45. The van der Waals surface area contributed by atoms with Gasteiger partial charge in [-0.25, -0.2) is 0 Å². The lowest BCUT2D eigenvalue weighted by molar-refractivity contribution is -0.172. The fourth-order valence-electron chi connectivity index (χ4n) is 3.22. The summed E-state index contributed by atoms with van der Waals surface area (Å²) in [6, 6.07) is 5.81. The van der Waals surface area contributed by atoms with Crippen molar-refractivity contribution < 1.29 is 19.0 Å². The van der Waals surface area contributed by atoms with Gasteiger partial charge < -0.3 is 19.1 Å². The van der Waals surface area contributed by atoms with E-state index in [2.05, 4.69) is 4.98 Å². The first-order valence-corrected chi connectivity index (χ1v) is 8.20. The minimum atomic E-state index is -0.216. The number of nitrogens with zero attached hydrogens (tertiary/aromatic N) is 2. The molecule has 1 amide bonds. The maximum absolute atomic E-state index is 11.9. The molecule has 3 rings (SSSR count). The topological polar surface area (TPSA) is 60.9 Å². The number of amides is 1. The van der Waals surface area contributed by atoms with Crippen molar-refractivity contribution in [3.05, 3.63) is 30.1 Å². The highest BCUT2D eigenvalue weighted by molar-refractivity contribution is 5.78. The number of likely N-dealkylation sites (tertiary alicyclic amines) is 1. The van der Waals surface area contributed by atoms with Crippen LogP contribution >= 0.6 is 0 Å². The highest BCUT2D eigenvalue weighted by Crippen LogP contribution is 2.40. The Labute approximate surface area is 136 Å². The summed E-state index contributed by atoms with van der Waals surface area (Å²) in [4.78, 5) is 18.0. The first-order chi connectivity index (χ1) is 11.2. The normalized spacial score (nSPS) is 22.3. The first-order valence-electron chi connectivity index (χ1n) is 8.20. The van der Waals surface area contributed by atoms with Crippen LogP contribution in [0.3, 0.4) is 0 Å². The fraction of sp³-hybridized carbons (Fsp3) is 0.647. The van der Waals surface area contributed by atoms with Crippen LogP contribution in [-0.2, 0) is 25.6 Å². The molecule has 0 bridgehead atoms. The van der Waals surface area contributed by atoms with Crippen LogP contribution in [-0.4, -0.2) is 60.9 Å². The summed E-state index contributed by atoms with van der Waals surface area (Å²) in [7, 11) is 0. The van der Waals surface area contributed by atoms with Crippen molar-refractivity contribution in [1.82, 2.24) is 9.88 Å². The predicted molar refractivity (Wildman–Crippen MR) is 83.8 cm³/mol. The zero-order valence-corrected chi connectivity index (χ0v) is 13.6. The maximum atomic E-state index is 11.9. The Kier molecular flexibility index (Phi) is 5.25. The van der Waals surface area contributed by atoms with E-state index in [1.165, 1.54) is 0 Å². The van der Waals surface area contributed by atoms with Crippen molar-refractivity contribution in [3.8, 4) is 0 Å². The quantitative estimate of drug-likeness (QED) is 0.757. The summed E-state index contributed by atoms with van der Waals surface area (Å²) in [6.07, 6.45) is 2.75. The van der Waals surface area contributed by atoms with E-state index in [9.17, 15) is 4.79 Å². The molecule has 0 radical (unpaired) electrons. The van der Waals surface area contributed by atoms with E-state index < -0.39 is 0 Å². The maximum Gasteiger partial charge on any atom is 0.248 e. The number of hydrogen-bond acceptors (Lipinski definition) is 5. The molecule has 2 fully saturated rings. The molecule has 2 aliphatic heterocycles. The number of aromatic nitrogens is 1. The number of ether oxygens (including phenoxy) is 3. The Morgan fingerprint density at radius 3 is 3.04 bits per heavy atom. The highest BCUT2D eigenvalue weighted by atomic mass is 16.5. The van der Waals surface area contributed by atoms with Gasteiger partial charge in [-0.3, -0.25) is 9.78 Å². The third kappa shape index (κ3) is 3.71. The van der Waals surface area contributed by atoms with Gasteiger partial charge in [0.05, 0.1) is 32.0 Å². The van der Waals surface area contributed by atoms with Gasteiger partial charge in [0.25, 0.3) is 0 Å². The number of hydrogen-bond donors (Lipinski definition) is 0. The predicted octanol–water partition coefficient (Wildman–Crippen LogP) is 1.25. The fourth-order valence-corrected chi connectivity index (χ4v) is 3.22. The number of pyridine rings is 1. The van der Waals surface area contributed by atoms with Crippen molar-refractivity contribution in [1.29, 1.82) is 0 Å². The molecule has 23 heavy (non-hydrogen) atoms. The molecular weight excluding hydrogens is 296 g/mol. The van der Waals surface area contributed by atoms with Crippen LogP contribution in [0.15, 0.2) is 24.4 Å². The van der Waals surface area contributed by atoms with E-state index in [1.54, 1.807) is 6.20 Å². The lowest BCUT2D eigenvalue weighted by atomic mass is 9.81. The second-order valence-electron chi connectivity index (χ2n) is 6.12. The minimum absolute atomic E-state index is 0.0427. The third-order valence-corrected chi connectivity index (χ3v) is 4.59. The molecule has 0 unspecified atom stereocenters. The molecule has 3 heterocycles. The minimum Gasteiger partial charge on any atom is -0.375 e. The number of carbonyl (C=O) groups is 1. The van der Waals surface area contributed by atoms with Crippen molar-refractivity contribution in [3.63, 3.8) is 0 Å². The van der Waals surface area contributed by atoms with Crippen LogP contribution in [0.4, 0.5) is 0 Å². The van der Waals surface area contributed by atoms with Gasteiger partial charge in [0.2, 0.25) is 5.91 Å². The zero-order valence-electron chi connectivity index (χ0n) is 13.6. The molecular formula is C17H24N2O4. The second kappa shape index (κ2) is 7.38. The Morgan fingerprint density at radius 1 is 1.43 bits per heavy atom. The molecule has 2 saturated heterocycles. The summed E-state index contributed by atoms with van der Waals surface area (Å²) in [5.74, 6) is 0.378. The van der Waals surface area contributed by atoms with Crippen molar-refractivity contribution in [2.45, 2.75) is 25.6 Å². The SMILES string of the molecule is CCOCC(=O)N1CC2(C1)OCC[C@@H]2COCc1ccccn1. The van der Waals surface area contributed by atoms with Gasteiger partial charge in [0.1, 0.15) is 12.2 Å². The molecule has 1 aromatic rings. The standard InChI is InChI=1S/C17H24N2O4/c1-2-21-11-16(20)19-12-17(13-19)14(6-8-23-17)9-22-10-15-5-3-4-7-18-15/h3-5,7,14H,2,6,8-13H2,1H3/t14-/m1/s1. The van der Waals surface area contributed by atoms with E-state index in [0.717, 1.165) is 18.7 Å². The Bertz CT molecular complexity index is 517. The van der Waals surface area contributed by atoms with Crippen LogP contribution < -0.4 is 0 Å². The van der Waals surface area contributed by atoms with Gasteiger partial charge in [-0.15, -0.1) is 0 Å². The summed E-state index contributed by atoms with van der Waals surface area (Å²) < 4.78 is 17.0. The van der Waals surface area contributed by atoms with E-state index in [1.807, 2.05) is 30.0 Å². The van der Waals surface area contributed by atoms with Crippen molar-refractivity contribution >= 4 is 5.91 Å². The van der Waals surface area contributed by atoms with Crippen LogP contribution in [0.1, 0.15) is 19.0 Å². The van der Waals surface area contributed by atoms with Gasteiger partial charge in [0.15, 0.2) is 0 Å². The van der Waals surface area contributed by atoms with Crippen LogP contribution in [0.2, 0.25) is 0 Å². The summed E-state index contributed by atoms with van der Waals surface area (Å²) in [5, 5.41) is 0. The molecule has 1 atom stereocenters. The summed E-state index contributed by atoms with van der Waals surface area (Å²) >= 11 is 0. The van der Waals surface area contributed by atoms with Gasteiger partial charge in [0, 0.05) is 25.3 Å². The molecule has 0 aromatic carbocycles. The Morgan fingerprint density at radius 2 is 2.30 bits per heavy atom. The van der Waals surface area contributed by atoms with Crippen LogP contribution in [0.25, 0.3) is 0 Å². The van der Waals surface area contributed by atoms with Crippen LogP contribution in [0, 0.1) is 5.92 Å². The molecule has 0 aliphatic carbocycles. The van der Waals surface area contributed by atoms with E-state index >= 15 is 0 Å². The molecule has 6 heteroatoms. The molecule has 1 spiro atoms. The molecule has 0 N–H and O–H groups in total. The Hall–Kier alpha value is -1.50. The second-order valence-corrected chi connectivity index (χ2v) is 6.12. The smallest absolute Gasteiger partial charge is 0.248 e. The summed E-state index contributed by atoms with van der Waals surface area (Å²) in [5.41, 5.74) is 0.717. The molecule has 126 valence electrons. The number of rotatable bonds is 7. The van der Waals surface area contributed by atoms with Crippen molar-refractivity contribution in [2.24, 2.45) is 5.92 Å². The number of carbonyl (C=O) groups excluding carboxylic acids is 1. The monoisotopic (exact) mass is 320 g/mol. The average Bonchev–Trinajstić information content (AvgIpc) is 2.96. The summed E-state index contributed by atoms with van der Waals surface area (Å²) in [6.45, 7) is 5.81. The molecule has 1 aromatic heterocycles. The first kappa shape index (κ1) is 16.4. The highest BCUT2D eigenvalue weighted by Gasteiger charge is 2.54. The van der Waals surface area contributed by atoms with Crippen LogP contribution in [0.5, 0.6) is 0 Å². The lowest BCUT2D eigenvalue weighted by Crippen LogP contribution is -2.67. The molecule has 2 aliphatic rings. The van der Waals surface area contributed by atoms with E-state index in [4.69, 9.17) is 14.2 Å². The van der Waals surface area contributed by atoms with Crippen molar-refractivity contribution in [2.75, 3.05) is 39.5 Å². The van der Waals surface area contributed by atoms with Gasteiger partial charge in [-0.05, 0) is 25.5 Å².